The lowest BCUT2D eigenvalue weighted by molar-refractivity contribution is 0.826. The number of benzene rings is 7. The minimum absolute atomic E-state index is 0.0911. The monoisotopic (exact) mass is 548 g/mol. The molecular formula is C43H32. The van der Waals surface area contributed by atoms with E-state index in [-0.39, 0.29) is 11.8 Å². The maximum atomic E-state index is 2.44. The van der Waals surface area contributed by atoms with E-state index < -0.39 is 0 Å². The molecule has 204 valence electrons. The number of aryl methyl sites for hydroxylation is 1. The quantitative estimate of drug-likeness (QED) is 0.205. The Morgan fingerprint density at radius 1 is 0.372 bits per heavy atom. The molecule has 2 unspecified atom stereocenters. The zero-order valence-corrected chi connectivity index (χ0v) is 24.2. The van der Waals surface area contributed by atoms with E-state index >= 15 is 0 Å². The van der Waals surface area contributed by atoms with E-state index in [4.69, 9.17) is 0 Å². The van der Waals surface area contributed by atoms with Gasteiger partial charge in [-0.25, -0.2) is 0 Å². The molecule has 7 aromatic carbocycles. The van der Waals surface area contributed by atoms with Crippen molar-refractivity contribution in [3.8, 4) is 22.3 Å². The summed E-state index contributed by atoms with van der Waals surface area (Å²) in [5.74, 6) is 0.183. The predicted molar refractivity (Wildman–Crippen MR) is 181 cm³/mol. The zero-order chi connectivity index (χ0) is 28.8. The van der Waals surface area contributed by atoms with Crippen molar-refractivity contribution in [1.82, 2.24) is 0 Å². The summed E-state index contributed by atoms with van der Waals surface area (Å²) < 4.78 is 0. The van der Waals surface area contributed by atoms with Crippen molar-refractivity contribution < 1.29 is 0 Å². The van der Waals surface area contributed by atoms with Crippen LogP contribution in [0.5, 0.6) is 0 Å². The molecule has 0 amide bonds. The molecule has 0 spiro atoms. The van der Waals surface area contributed by atoms with Crippen LogP contribution in [0.4, 0.5) is 0 Å². The molecule has 0 heteroatoms. The van der Waals surface area contributed by atoms with Gasteiger partial charge in [0, 0.05) is 11.8 Å². The molecule has 0 nitrogen and oxygen atoms in total. The van der Waals surface area contributed by atoms with E-state index in [1.54, 1.807) is 0 Å². The van der Waals surface area contributed by atoms with Crippen molar-refractivity contribution in [1.29, 1.82) is 0 Å². The first-order valence-electron chi connectivity index (χ1n) is 15.2. The Balaban J connectivity index is 1.64. The standard InChI is InChI=1S/C43H32/c1-29-26-27-36-37(28-29)41(33-22-12-5-13-23-33)43-39(31-18-8-3-9-19-31)35-25-15-14-24-34(35)38(30-16-6-2-7-17-30)42(43)40(36)32-20-10-4-11-21-32/h2-28,40-41H,1H3. The zero-order valence-electron chi connectivity index (χ0n) is 24.2. The molecule has 0 fully saturated rings. The van der Waals surface area contributed by atoms with E-state index in [0.717, 1.165) is 0 Å². The molecule has 0 radical (unpaired) electrons. The van der Waals surface area contributed by atoms with Gasteiger partial charge in [-0.1, -0.05) is 169 Å². The van der Waals surface area contributed by atoms with E-state index in [1.807, 2.05) is 0 Å². The molecule has 0 bridgehead atoms. The highest BCUT2D eigenvalue weighted by Gasteiger charge is 2.39. The minimum atomic E-state index is 0.0911. The van der Waals surface area contributed by atoms with Crippen LogP contribution in [-0.2, 0) is 0 Å². The second-order valence-electron chi connectivity index (χ2n) is 11.7. The fraction of sp³-hybridized carbons (Fsp3) is 0.0698. The summed E-state index contributed by atoms with van der Waals surface area (Å²) in [7, 11) is 0. The molecule has 0 aliphatic heterocycles. The first kappa shape index (κ1) is 25.5. The highest BCUT2D eigenvalue weighted by molar-refractivity contribution is 6.09. The van der Waals surface area contributed by atoms with Crippen molar-refractivity contribution >= 4 is 10.8 Å². The number of hydrogen-bond acceptors (Lipinski definition) is 0. The van der Waals surface area contributed by atoms with Crippen LogP contribution in [0.2, 0.25) is 0 Å². The van der Waals surface area contributed by atoms with Gasteiger partial charge < -0.3 is 0 Å². The van der Waals surface area contributed by atoms with Crippen molar-refractivity contribution in [3.63, 3.8) is 0 Å². The maximum Gasteiger partial charge on any atom is 0.0352 e. The smallest absolute Gasteiger partial charge is 0.0352 e. The first-order valence-corrected chi connectivity index (χ1v) is 15.2. The maximum absolute atomic E-state index is 2.44. The second kappa shape index (κ2) is 10.6. The Bertz CT molecular complexity index is 2060. The van der Waals surface area contributed by atoms with Crippen molar-refractivity contribution in [3.05, 3.63) is 203 Å². The van der Waals surface area contributed by atoms with Gasteiger partial charge in [-0.15, -0.1) is 0 Å². The average Bonchev–Trinajstić information content (AvgIpc) is 3.07. The summed E-state index contributed by atoms with van der Waals surface area (Å²) in [6.07, 6.45) is 0. The summed E-state index contributed by atoms with van der Waals surface area (Å²) in [6, 6.07) is 60.5. The topological polar surface area (TPSA) is 0 Å². The van der Waals surface area contributed by atoms with Crippen molar-refractivity contribution in [2.75, 3.05) is 0 Å². The third-order valence-corrected chi connectivity index (χ3v) is 9.13. The van der Waals surface area contributed by atoms with Gasteiger partial charge >= 0.3 is 0 Å². The summed E-state index contributed by atoms with van der Waals surface area (Å²) in [4.78, 5) is 0. The molecular weight excluding hydrogens is 516 g/mol. The summed E-state index contributed by atoms with van der Waals surface area (Å²) in [6.45, 7) is 2.23. The Hall–Kier alpha value is -5.20. The van der Waals surface area contributed by atoms with Gasteiger partial charge in [0.25, 0.3) is 0 Å². The molecule has 0 saturated carbocycles. The molecule has 0 saturated heterocycles. The fourth-order valence-electron chi connectivity index (χ4n) is 7.41. The van der Waals surface area contributed by atoms with Crippen LogP contribution in [0.1, 0.15) is 50.8 Å². The van der Waals surface area contributed by atoms with Crippen LogP contribution in [0.25, 0.3) is 33.0 Å². The lowest BCUT2D eigenvalue weighted by atomic mass is 9.63. The number of hydrogen-bond donors (Lipinski definition) is 0. The average molecular weight is 549 g/mol. The van der Waals surface area contributed by atoms with E-state index in [0.29, 0.717) is 0 Å². The van der Waals surface area contributed by atoms with Gasteiger partial charge in [-0.2, -0.15) is 0 Å². The summed E-state index contributed by atoms with van der Waals surface area (Å²) in [5, 5.41) is 2.60. The Labute approximate surface area is 253 Å². The van der Waals surface area contributed by atoms with Crippen LogP contribution < -0.4 is 0 Å². The Morgan fingerprint density at radius 3 is 1.23 bits per heavy atom. The largest absolute Gasteiger partial charge is 0.0622 e. The molecule has 43 heavy (non-hydrogen) atoms. The molecule has 2 atom stereocenters. The highest BCUT2D eigenvalue weighted by Crippen LogP contribution is 2.57. The molecule has 1 aliphatic rings. The third-order valence-electron chi connectivity index (χ3n) is 9.13. The normalized spacial score (nSPS) is 15.6. The third kappa shape index (κ3) is 4.22. The molecule has 8 rings (SSSR count). The molecule has 0 aromatic heterocycles. The van der Waals surface area contributed by atoms with E-state index in [1.165, 1.54) is 72.0 Å². The number of rotatable bonds is 4. The fourth-order valence-corrected chi connectivity index (χ4v) is 7.41. The van der Waals surface area contributed by atoms with Gasteiger partial charge in [0.2, 0.25) is 0 Å². The first-order chi connectivity index (χ1) is 21.3. The number of fused-ring (bicyclic) bond motifs is 3. The molecule has 7 aromatic rings. The van der Waals surface area contributed by atoms with Gasteiger partial charge in [0.05, 0.1) is 0 Å². The van der Waals surface area contributed by atoms with Gasteiger partial charge in [0.15, 0.2) is 0 Å². The summed E-state index contributed by atoms with van der Waals surface area (Å²) in [5.41, 5.74) is 14.8. The molecule has 0 heterocycles. The van der Waals surface area contributed by atoms with Crippen LogP contribution in [-0.4, -0.2) is 0 Å². The SMILES string of the molecule is Cc1ccc2c(c1)C(c1ccccc1)c1c(c(-c3ccccc3)c3ccccc3c1-c1ccccc1)C2c1ccccc1. The lowest BCUT2D eigenvalue weighted by Crippen LogP contribution is -2.22. The van der Waals surface area contributed by atoms with E-state index in [2.05, 4.69) is 171 Å². The van der Waals surface area contributed by atoms with Crippen LogP contribution in [0, 0.1) is 6.92 Å². The van der Waals surface area contributed by atoms with Crippen LogP contribution >= 0.6 is 0 Å². The predicted octanol–water partition coefficient (Wildman–Crippen LogP) is 11.2. The van der Waals surface area contributed by atoms with Crippen molar-refractivity contribution in [2.24, 2.45) is 0 Å². The lowest BCUT2D eigenvalue weighted by Gasteiger charge is -2.39. The molecule has 1 aliphatic carbocycles. The minimum Gasteiger partial charge on any atom is -0.0622 e. The Morgan fingerprint density at radius 2 is 0.767 bits per heavy atom. The Kier molecular flexibility index (Phi) is 6.27. The summed E-state index contributed by atoms with van der Waals surface area (Å²) >= 11 is 0. The van der Waals surface area contributed by atoms with E-state index in [9.17, 15) is 0 Å². The highest BCUT2D eigenvalue weighted by atomic mass is 14.4. The second-order valence-corrected chi connectivity index (χ2v) is 11.7. The van der Waals surface area contributed by atoms with Crippen LogP contribution in [0.15, 0.2) is 164 Å². The van der Waals surface area contributed by atoms with Crippen LogP contribution in [0.3, 0.4) is 0 Å². The van der Waals surface area contributed by atoms with Crippen molar-refractivity contribution in [2.45, 2.75) is 18.8 Å². The van der Waals surface area contributed by atoms with Gasteiger partial charge in [-0.05, 0) is 73.3 Å². The molecule has 0 N–H and O–H groups in total. The van der Waals surface area contributed by atoms with Gasteiger partial charge in [-0.3, -0.25) is 0 Å². The van der Waals surface area contributed by atoms with Gasteiger partial charge in [0.1, 0.15) is 0 Å².